The van der Waals surface area contributed by atoms with E-state index >= 15 is 0 Å². The van der Waals surface area contributed by atoms with Gasteiger partial charge in [0.2, 0.25) is 0 Å². The molecule has 1 aliphatic heterocycles. The second kappa shape index (κ2) is 10.6. The molecule has 0 saturated carbocycles. The molecule has 0 spiro atoms. The minimum atomic E-state index is -4.78. The zero-order valence-corrected chi connectivity index (χ0v) is 20.1. The normalized spacial score (nSPS) is 15.7. The maximum Gasteiger partial charge on any atom is 0.573 e. The predicted molar refractivity (Wildman–Crippen MR) is 125 cm³/mol. The molecule has 7 nitrogen and oxygen atoms in total. The predicted octanol–water partition coefficient (Wildman–Crippen LogP) is 6.80. The molecule has 1 saturated heterocycles. The summed E-state index contributed by atoms with van der Waals surface area (Å²) >= 11 is 0. The average molecular weight is 505 g/mol. The molecule has 0 bridgehead atoms. The molecule has 0 N–H and O–H groups in total. The molecule has 2 aromatic carbocycles. The highest BCUT2D eigenvalue weighted by atomic mass is 19.4. The van der Waals surface area contributed by atoms with Gasteiger partial charge in [-0.1, -0.05) is 6.92 Å². The molecular weight excluding hydrogens is 479 g/mol. The van der Waals surface area contributed by atoms with E-state index in [0.29, 0.717) is 52.3 Å². The number of hydrogen-bond acceptors (Lipinski definition) is 7. The van der Waals surface area contributed by atoms with E-state index in [-0.39, 0.29) is 18.5 Å². The lowest BCUT2D eigenvalue weighted by Crippen LogP contribution is -2.20. The van der Waals surface area contributed by atoms with Gasteiger partial charge in [0.25, 0.3) is 0 Å². The fraction of sp³-hybridized carbons (Fsp3) is 0.385. The Bertz CT molecular complexity index is 1240. The lowest BCUT2D eigenvalue weighted by Gasteiger charge is -2.18. The van der Waals surface area contributed by atoms with E-state index < -0.39 is 12.5 Å². The van der Waals surface area contributed by atoms with E-state index in [1.54, 1.807) is 19.1 Å². The van der Waals surface area contributed by atoms with Gasteiger partial charge in [-0.3, -0.25) is 4.98 Å². The molecule has 10 heteroatoms. The van der Waals surface area contributed by atoms with Gasteiger partial charge >= 0.3 is 12.5 Å². The van der Waals surface area contributed by atoms with Gasteiger partial charge in [0, 0.05) is 23.4 Å². The maximum absolute atomic E-state index is 12.5. The lowest BCUT2D eigenvalue weighted by atomic mass is 10.0. The molecule has 3 aromatic rings. The van der Waals surface area contributed by atoms with Gasteiger partial charge in [0.15, 0.2) is 0 Å². The Morgan fingerprint density at radius 1 is 1.08 bits per heavy atom. The zero-order chi connectivity index (χ0) is 25.9. The summed E-state index contributed by atoms with van der Waals surface area (Å²) in [5.74, 6) is 0.704. The molecule has 36 heavy (non-hydrogen) atoms. The average Bonchev–Trinajstić information content (AvgIpc) is 3.35. The minimum Gasteiger partial charge on any atom is -0.457 e. The van der Waals surface area contributed by atoms with Crippen molar-refractivity contribution in [2.75, 3.05) is 13.2 Å². The highest BCUT2D eigenvalue weighted by Crippen LogP contribution is 2.39. The topological polar surface area (TPSA) is 76.1 Å². The lowest BCUT2D eigenvalue weighted by molar-refractivity contribution is -0.274. The van der Waals surface area contributed by atoms with Crippen molar-refractivity contribution >= 4 is 17.1 Å². The summed E-state index contributed by atoms with van der Waals surface area (Å²) in [7, 11) is 0. The standard InChI is InChI=1S/C26H26F3NO6/c1-4-20-15(2)24(35-25(31)33-14-19-6-5-13-32-19)23-16(3)22(12-11-21(23)30-20)34-17-7-9-18(10-8-17)36-26(27,28)29/h7-12,19H,4-6,13-14H2,1-3H3. The van der Waals surface area contributed by atoms with Gasteiger partial charge in [-0.2, -0.15) is 0 Å². The number of benzene rings is 2. The SMILES string of the molecule is CCc1nc2ccc(Oc3ccc(OC(F)(F)F)cc3)c(C)c2c(OC(=O)OCC2CCCO2)c1C. The quantitative estimate of drug-likeness (QED) is 0.327. The Kier molecular flexibility index (Phi) is 7.53. The first kappa shape index (κ1) is 25.6. The van der Waals surface area contributed by atoms with Crippen LogP contribution in [0.4, 0.5) is 18.0 Å². The van der Waals surface area contributed by atoms with Crippen molar-refractivity contribution in [3.8, 4) is 23.0 Å². The molecule has 1 unspecified atom stereocenters. The van der Waals surface area contributed by atoms with Crippen LogP contribution in [0, 0.1) is 13.8 Å². The number of rotatable bonds is 7. The highest BCUT2D eigenvalue weighted by Gasteiger charge is 2.31. The number of aromatic nitrogens is 1. The van der Waals surface area contributed by atoms with E-state index in [9.17, 15) is 18.0 Å². The fourth-order valence-corrected chi connectivity index (χ4v) is 4.07. The van der Waals surface area contributed by atoms with Crippen LogP contribution in [0.2, 0.25) is 0 Å². The maximum atomic E-state index is 12.5. The van der Waals surface area contributed by atoms with Gasteiger partial charge < -0.3 is 23.7 Å². The van der Waals surface area contributed by atoms with Crippen LogP contribution in [0.5, 0.6) is 23.0 Å². The summed E-state index contributed by atoms with van der Waals surface area (Å²) < 4.78 is 63.5. The fourth-order valence-electron chi connectivity index (χ4n) is 4.07. The molecule has 0 aliphatic carbocycles. The Labute approximate surface area is 206 Å². The van der Waals surface area contributed by atoms with E-state index in [2.05, 4.69) is 4.74 Å². The number of pyridine rings is 1. The third-order valence-corrected chi connectivity index (χ3v) is 5.87. The zero-order valence-electron chi connectivity index (χ0n) is 20.1. The van der Waals surface area contributed by atoms with Gasteiger partial charge in [-0.05, 0) is 69.5 Å². The summed E-state index contributed by atoms with van der Waals surface area (Å²) in [6.07, 6.45) is -3.36. The van der Waals surface area contributed by atoms with Crippen LogP contribution in [0.15, 0.2) is 36.4 Å². The molecule has 2 heterocycles. The molecule has 1 atom stereocenters. The minimum absolute atomic E-state index is 0.114. The van der Waals surface area contributed by atoms with Gasteiger partial charge in [0.05, 0.1) is 17.0 Å². The first-order valence-electron chi connectivity index (χ1n) is 11.6. The van der Waals surface area contributed by atoms with Crippen molar-refractivity contribution < 1.29 is 41.7 Å². The molecule has 0 radical (unpaired) electrons. The second-order valence-electron chi connectivity index (χ2n) is 8.37. The summed E-state index contributed by atoms with van der Waals surface area (Å²) in [6.45, 7) is 6.33. The smallest absolute Gasteiger partial charge is 0.457 e. The van der Waals surface area contributed by atoms with Crippen molar-refractivity contribution in [2.24, 2.45) is 0 Å². The summed E-state index contributed by atoms with van der Waals surface area (Å²) in [5.41, 5.74) is 2.73. The van der Waals surface area contributed by atoms with E-state index in [0.717, 1.165) is 30.7 Å². The molecule has 1 aliphatic rings. The van der Waals surface area contributed by atoms with Crippen molar-refractivity contribution in [1.29, 1.82) is 0 Å². The Morgan fingerprint density at radius 3 is 2.44 bits per heavy atom. The number of fused-ring (bicyclic) bond motifs is 1. The summed E-state index contributed by atoms with van der Waals surface area (Å²) in [4.78, 5) is 17.2. The van der Waals surface area contributed by atoms with Crippen molar-refractivity contribution in [2.45, 2.75) is 52.5 Å². The van der Waals surface area contributed by atoms with E-state index in [1.165, 1.54) is 12.1 Å². The summed E-state index contributed by atoms with van der Waals surface area (Å²) in [5, 5.41) is 0.577. The molecule has 1 aromatic heterocycles. The van der Waals surface area contributed by atoms with E-state index in [4.69, 9.17) is 23.9 Å². The number of ether oxygens (including phenoxy) is 5. The monoisotopic (exact) mass is 505 g/mol. The van der Waals surface area contributed by atoms with Crippen LogP contribution in [0.25, 0.3) is 10.9 Å². The highest BCUT2D eigenvalue weighted by molar-refractivity contribution is 5.93. The summed E-state index contributed by atoms with van der Waals surface area (Å²) in [6, 6.07) is 8.51. The molecule has 1 fully saturated rings. The van der Waals surface area contributed by atoms with Crippen LogP contribution in [0.3, 0.4) is 0 Å². The van der Waals surface area contributed by atoms with Gasteiger partial charge in [0.1, 0.15) is 29.6 Å². The molecule has 4 rings (SSSR count). The van der Waals surface area contributed by atoms with Crippen LogP contribution < -0.4 is 14.2 Å². The third kappa shape index (κ3) is 5.99. The number of carbonyl (C=O) groups excluding carboxylic acids is 1. The van der Waals surface area contributed by atoms with Gasteiger partial charge in [-0.15, -0.1) is 13.2 Å². The van der Waals surface area contributed by atoms with Crippen molar-refractivity contribution in [3.63, 3.8) is 0 Å². The van der Waals surface area contributed by atoms with Crippen LogP contribution in [-0.2, 0) is 15.9 Å². The molecule has 0 amide bonds. The van der Waals surface area contributed by atoms with Crippen molar-refractivity contribution in [3.05, 3.63) is 53.2 Å². The molecular formula is C26H26F3NO6. The van der Waals surface area contributed by atoms with Crippen LogP contribution in [0.1, 0.15) is 36.6 Å². The number of nitrogens with zero attached hydrogens (tertiary/aromatic N) is 1. The number of aryl methyl sites for hydroxylation is 2. The van der Waals surface area contributed by atoms with Crippen LogP contribution in [-0.4, -0.2) is 36.8 Å². The van der Waals surface area contributed by atoms with Crippen LogP contribution >= 0.6 is 0 Å². The number of alkyl halides is 3. The Hall–Kier alpha value is -3.53. The number of halogens is 3. The largest absolute Gasteiger partial charge is 0.573 e. The Morgan fingerprint density at radius 2 is 1.81 bits per heavy atom. The number of hydrogen-bond donors (Lipinski definition) is 0. The van der Waals surface area contributed by atoms with E-state index in [1.807, 2.05) is 13.8 Å². The third-order valence-electron chi connectivity index (χ3n) is 5.87. The van der Waals surface area contributed by atoms with Crippen molar-refractivity contribution in [1.82, 2.24) is 4.98 Å². The molecule has 192 valence electrons. The first-order chi connectivity index (χ1) is 17.1. The van der Waals surface area contributed by atoms with Gasteiger partial charge in [-0.25, -0.2) is 4.79 Å². The first-order valence-corrected chi connectivity index (χ1v) is 11.6. The number of carbonyl (C=O) groups is 1. The Balaban J connectivity index is 1.61. The second-order valence-corrected chi connectivity index (χ2v) is 8.37.